The number of carboxylic acids is 1. The number of benzene rings is 2. The van der Waals surface area contributed by atoms with Gasteiger partial charge in [-0.1, -0.05) is 30.1 Å². The summed E-state index contributed by atoms with van der Waals surface area (Å²) in [6, 6.07) is 8.62. The zero-order valence-electron chi connectivity index (χ0n) is 13.6. The highest BCUT2D eigenvalue weighted by Crippen LogP contribution is 2.32. The molecule has 0 aliphatic heterocycles. The predicted octanol–water partition coefficient (Wildman–Crippen LogP) is 4.53. The molecule has 1 unspecified atom stereocenters. The van der Waals surface area contributed by atoms with Crippen LogP contribution >= 0.6 is 23.2 Å². The van der Waals surface area contributed by atoms with Crippen molar-refractivity contribution in [1.82, 2.24) is 9.55 Å². The number of hydrogen-bond donors (Lipinski definition) is 1. The molecule has 8 heteroatoms. The van der Waals surface area contributed by atoms with Crippen LogP contribution in [0.2, 0.25) is 10.0 Å². The van der Waals surface area contributed by atoms with Crippen molar-refractivity contribution in [2.45, 2.75) is 19.4 Å². The van der Waals surface area contributed by atoms with Gasteiger partial charge in [0.25, 0.3) is 5.56 Å². The van der Waals surface area contributed by atoms with E-state index in [2.05, 4.69) is 4.98 Å². The van der Waals surface area contributed by atoms with E-state index < -0.39 is 17.6 Å². The number of rotatable bonds is 5. The smallest absolute Gasteiger partial charge is 0.326 e. The van der Waals surface area contributed by atoms with Gasteiger partial charge in [-0.15, -0.1) is 0 Å². The predicted molar refractivity (Wildman–Crippen MR) is 99.5 cm³/mol. The number of halogens is 2. The summed E-state index contributed by atoms with van der Waals surface area (Å²) in [6.45, 7) is 1.69. The second-order valence-electron chi connectivity index (χ2n) is 5.58. The molecule has 0 saturated carbocycles. The molecule has 3 rings (SSSR count). The van der Waals surface area contributed by atoms with Gasteiger partial charge in [0.15, 0.2) is 0 Å². The first-order valence-corrected chi connectivity index (χ1v) is 8.53. The Kier molecular flexibility index (Phi) is 5.15. The summed E-state index contributed by atoms with van der Waals surface area (Å²) in [7, 11) is 0. The fraction of sp³-hybridized carbons (Fsp3) is 0.167. The Morgan fingerprint density at radius 1 is 1.27 bits per heavy atom. The van der Waals surface area contributed by atoms with E-state index in [9.17, 15) is 14.7 Å². The van der Waals surface area contributed by atoms with Crippen LogP contribution in [0.3, 0.4) is 0 Å². The fourth-order valence-corrected chi connectivity index (χ4v) is 3.02. The molecular formula is C18H14Cl2N2O4. The highest BCUT2D eigenvalue weighted by molar-refractivity contribution is 6.35. The summed E-state index contributed by atoms with van der Waals surface area (Å²) in [5, 5.41) is 10.4. The Morgan fingerprint density at radius 2 is 2.04 bits per heavy atom. The number of carbonyl (C=O) groups is 1. The minimum atomic E-state index is -1.09. The van der Waals surface area contributed by atoms with Gasteiger partial charge in [0.1, 0.15) is 17.5 Å². The summed E-state index contributed by atoms with van der Waals surface area (Å²) in [4.78, 5) is 28.2. The zero-order chi connectivity index (χ0) is 18.8. The van der Waals surface area contributed by atoms with Crippen molar-refractivity contribution in [2.75, 3.05) is 0 Å². The maximum Gasteiger partial charge on any atom is 0.326 e. The molecule has 0 amide bonds. The van der Waals surface area contributed by atoms with E-state index in [1.54, 1.807) is 37.3 Å². The van der Waals surface area contributed by atoms with E-state index >= 15 is 0 Å². The van der Waals surface area contributed by atoms with Crippen LogP contribution in [0.15, 0.2) is 47.5 Å². The summed E-state index contributed by atoms with van der Waals surface area (Å²) in [6.07, 6.45) is 1.52. The Morgan fingerprint density at radius 3 is 2.69 bits per heavy atom. The van der Waals surface area contributed by atoms with Crippen molar-refractivity contribution in [3.05, 3.63) is 63.1 Å². The van der Waals surface area contributed by atoms with Crippen LogP contribution in [0.25, 0.3) is 10.9 Å². The van der Waals surface area contributed by atoms with Gasteiger partial charge in [0.2, 0.25) is 0 Å². The van der Waals surface area contributed by atoms with E-state index in [-0.39, 0.29) is 11.8 Å². The lowest BCUT2D eigenvalue weighted by Crippen LogP contribution is -2.29. The lowest BCUT2D eigenvalue weighted by molar-refractivity contribution is -0.141. The topological polar surface area (TPSA) is 81.4 Å². The monoisotopic (exact) mass is 392 g/mol. The van der Waals surface area contributed by atoms with Crippen molar-refractivity contribution in [3.8, 4) is 11.5 Å². The van der Waals surface area contributed by atoms with Crippen molar-refractivity contribution in [2.24, 2.45) is 0 Å². The Hall–Kier alpha value is -2.57. The average Bonchev–Trinajstić information content (AvgIpc) is 2.60. The molecule has 0 aliphatic carbocycles. The minimum Gasteiger partial charge on any atom is -0.480 e. The van der Waals surface area contributed by atoms with Crippen LogP contribution in [0, 0.1) is 0 Å². The lowest BCUT2D eigenvalue weighted by Gasteiger charge is -2.14. The molecule has 0 radical (unpaired) electrons. The molecule has 1 atom stereocenters. The SMILES string of the molecule is CCC(C(=O)O)n1cnc2ccc(Oc3ccc(Cl)cc3Cl)cc2c1=O. The Labute approximate surface area is 158 Å². The standard InChI is InChI=1S/C18H14Cl2N2O4/c1-2-15(18(24)25)22-9-21-14-5-4-11(8-12(14)17(22)23)26-16-6-3-10(19)7-13(16)20/h3-9,15H,2H2,1H3,(H,24,25). The summed E-state index contributed by atoms with van der Waals surface area (Å²) >= 11 is 12.0. The molecule has 1 aromatic heterocycles. The number of hydrogen-bond acceptors (Lipinski definition) is 4. The van der Waals surface area contributed by atoms with Gasteiger partial charge in [-0.2, -0.15) is 0 Å². The van der Waals surface area contributed by atoms with E-state index in [4.69, 9.17) is 27.9 Å². The molecule has 1 N–H and O–H groups in total. The maximum atomic E-state index is 12.7. The van der Waals surface area contributed by atoms with Gasteiger partial charge in [-0.3, -0.25) is 9.36 Å². The molecule has 1 heterocycles. The highest BCUT2D eigenvalue weighted by Gasteiger charge is 2.20. The number of ether oxygens (including phenoxy) is 1. The molecule has 3 aromatic rings. The normalized spacial score (nSPS) is 12.1. The third-order valence-corrected chi connectivity index (χ3v) is 4.41. The maximum absolute atomic E-state index is 12.7. The molecule has 0 saturated heterocycles. The Bertz CT molecular complexity index is 1050. The largest absolute Gasteiger partial charge is 0.480 e. The number of aromatic nitrogens is 2. The van der Waals surface area contributed by atoms with Gasteiger partial charge in [-0.05, 0) is 42.8 Å². The lowest BCUT2D eigenvalue weighted by atomic mass is 10.2. The first kappa shape index (κ1) is 18.2. The van der Waals surface area contributed by atoms with Crippen LogP contribution in [0.4, 0.5) is 0 Å². The summed E-state index contributed by atoms with van der Waals surface area (Å²) in [5.74, 6) is -0.325. The molecule has 26 heavy (non-hydrogen) atoms. The van der Waals surface area contributed by atoms with Gasteiger partial charge < -0.3 is 9.84 Å². The van der Waals surface area contributed by atoms with Crippen molar-refractivity contribution >= 4 is 40.1 Å². The van der Waals surface area contributed by atoms with Gasteiger partial charge in [0, 0.05) is 5.02 Å². The molecule has 0 aliphatic rings. The molecule has 2 aromatic carbocycles. The first-order valence-electron chi connectivity index (χ1n) is 7.77. The molecule has 0 spiro atoms. The number of carboxylic acid groups (broad SMARTS) is 1. The van der Waals surface area contributed by atoms with Crippen molar-refractivity contribution in [3.63, 3.8) is 0 Å². The number of aliphatic carboxylic acids is 1. The van der Waals surface area contributed by atoms with Crippen LogP contribution < -0.4 is 10.3 Å². The Balaban J connectivity index is 2.05. The van der Waals surface area contributed by atoms with Gasteiger partial charge in [0.05, 0.1) is 22.3 Å². The van der Waals surface area contributed by atoms with E-state index in [1.165, 1.54) is 12.4 Å². The molecule has 6 nitrogen and oxygen atoms in total. The second kappa shape index (κ2) is 7.35. The van der Waals surface area contributed by atoms with E-state index in [0.29, 0.717) is 27.1 Å². The molecular weight excluding hydrogens is 379 g/mol. The fourth-order valence-electron chi connectivity index (χ4n) is 2.58. The van der Waals surface area contributed by atoms with Crippen LogP contribution in [0.1, 0.15) is 19.4 Å². The van der Waals surface area contributed by atoms with Crippen molar-refractivity contribution in [1.29, 1.82) is 0 Å². The number of nitrogens with zero attached hydrogens (tertiary/aromatic N) is 2. The first-order chi connectivity index (χ1) is 12.4. The quantitative estimate of drug-likeness (QED) is 0.689. The summed E-state index contributed by atoms with van der Waals surface area (Å²) in [5.41, 5.74) is -0.00190. The third kappa shape index (κ3) is 3.52. The summed E-state index contributed by atoms with van der Waals surface area (Å²) < 4.78 is 6.83. The number of fused-ring (bicyclic) bond motifs is 1. The van der Waals surface area contributed by atoms with Crippen LogP contribution in [-0.2, 0) is 4.79 Å². The average molecular weight is 393 g/mol. The second-order valence-corrected chi connectivity index (χ2v) is 6.42. The van der Waals surface area contributed by atoms with E-state index in [0.717, 1.165) is 4.57 Å². The zero-order valence-corrected chi connectivity index (χ0v) is 15.2. The molecule has 0 fully saturated rings. The van der Waals surface area contributed by atoms with Crippen LogP contribution in [0.5, 0.6) is 11.5 Å². The van der Waals surface area contributed by atoms with Crippen molar-refractivity contribution < 1.29 is 14.6 Å². The third-order valence-electron chi connectivity index (χ3n) is 3.88. The minimum absolute atomic E-state index is 0.259. The van der Waals surface area contributed by atoms with Crippen LogP contribution in [-0.4, -0.2) is 20.6 Å². The van der Waals surface area contributed by atoms with E-state index in [1.807, 2.05) is 0 Å². The highest BCUT2D eigenvalue weighted by atomic mass is 35.5. The molecule has 0 bridgehead atoms. The van der Waals surface area contributed by atoms with Gasteiger partial charge >= 0.3 is 5.97 Å². The van der Waals surface area contributed by atoms with Gasteiger partial charge in [-0.25, -0.2) is 9.78 Å². The molecule has 134 valence electrons.